The van der Waals surface area contributed by atoms with Gasteiger partial charge in [-0.15, -0.1) is 0 Å². The van der Waals surface area contributed by atoms with Crippen LogP contribution in [0, 0.1) is 5.92 Å². The molecule has 9 nitrogen and oxygen atoms in total. The number of nitrogens with two attached hydrogens (primary N) is 1. The quantitative estimate of drug-likeness (QED) is 0.493. The summed E-state index contributed by atoms with van der Waals surface area (Å²) in [5.74, 6) is -0.727. The van der Waals surface area contributed by atoms with Crippen molar-refractivity contribution >= 4 is 11.9 Å². The second kappa shape index (κ2) is 7.30. The first-order chi connectivity index (χ1) is 12.5. The zero-order valence-electron chi connectivity index (χ0n) is 15.1. The van der Waals surface area contributed by atoms with E-state index < -0.39 is 6.23 Å². The number of hydrogen-bond donors (Lipinski definition) is 4. The minimum atomic E-state index is -0.455. The lowest BCUT2D eigenvalue weighted by atomic mass is 9.92. The third-order valence-corrected chi connectivity index (χ3v) is 5.98. The Morgan fingerprint density at radius 3 is 2.92 bits per heavy atom. The molecule has 4 heterocycles. The first-order valence-corrected chi connectivity index (χ1v) is 9.69. The SMILES string of the molecule is C[C@@H]1CCCOC2NC(CCC2C(N)=O)N2C(=O)NC3NCCC(O1)C32. The number of urea groups is 1. The Hall–Kier alpha value is -1.42. The molecule has 0 aliphatic carbocycles. The van der Waals surface area contributed by atoms with E-state index in [1.54, 1.807) is 0 Å². The Labute approximate surface area is 153 Å². The second-order valence-corrected chi connectivity index (χ2v) is 7.76. The molecule has 0 aromatic heterocycles. The predicted molar refractivity (Wildman–Crippen MR) is 92.7 cm³/mol. The van der Waals surface area contributed by atoms with E-state index in [2.05, 4.69) is 22.9 Å². The van der Waals surface area contributed by atoms with E-state index in [1.165, 1.54) is 0 Å². The van der Waals surface area contributed by atoms with Crippen molar-refractivity contribution in [3.63, 3.8) is 0 Å². The Morgan fingerprint density at radius 1 is 1.27 bits per heavy atom. The van der Waals surface area contributed by atoms with E-state index in [9.17, 15) is 9.59 Å². The van der Waals surface area contributed by atoms with Gasteiger partial charge in [0.05, 0.1) is 30.3 Å². The molecule has 4 aliphatic heterocycles. The van der Waals surface area contributed by atoms with Gasteiger partial charge in [0.1, 0.15) is 12.4 Å². The number of carbonyl (C=O) groups excluding carboxylic acids is 2. The summed E-state index contributed by atoms with van der Waals surface area (Å²) in [5, 5.41) is 9.78. The molecule has 6 unspecified atom stereocenters. The number of ether oxygens (including phenoxy) is 2. The summed E-state index contributed by atoms with van der Waals surface area (Å²) in [4.78, 5) is 26.4. The van der Waals surface area contributed by atoms with Crippen LogP contribution < -0.4 is 21.7 Å². The number of carbonyl (C=O) groups is 2. The van der Waals surface area contributed by atoms with Crippen LogP contribution in [0.4, 0.5) is 4.79 Å². The van der Waals surface area contributed by atoms with E-state index in [0.29, 0.717) is 19.4 Å². The van der Waals surface area contributed by atoms with Gasteiger partial charge in [0.2, 0.25) is 5.91 Å². The molecule has 4 aliphatic rings. The van der Waals surface area contributed by atoms with Crippen LogP contribution in [0.15, 0.2) is 0 Å². The molecule has 0 saturated carbocycles. The highest BCUT2D eigenvalue weighted by molar-refractivity contribution is 5.79. The van der Waals surface area contributed by atoms with E-state index in [1.807, 2.05) is 4.90 Å². The van der Waals surface area contributed by atoms with Gasteiger partial charge < -0.3 is 25.4 Å². The van der Waals surface area contributed by atoms with Crippen molar-refractivity contribution in [3.8, 4) is 0 Å². The molecular weight excluding hydrogens is 338 g/mol. The number of nitrogens with zero attached hydrogens (tertiary/aromatic N) is 1. The summed E-state index contributed by atoms with van der Waals surface area (Å²) < 4.78 is 12.3. The maximum Gasteiger partial charge on any atom is 0.320 e. The maximum atomic E-state index is 12.7. The van der Waals surface area contributed by atoms with E-state index in [4.69, 9.17) is 15.2 Å². The molecule has 4 saturated heterocycles. The third-order valence-electron chi connectivity index (χ3n) is 5.98. The normalized spacial score (nSPS) is 43.7. The summed E-state index contributed by atoms with van der Waals surface area (Å²) in [7, 11) is 0. The van der Waals surface area contributed by atoms with Crippen LogP contribution in [0.2, 0.25) is 0 Å². The maximum absolute atomic E-state index is 12.7. The fourth-order valence-electron chi connectivity index (χ4n) is 4.70. The molecule has 26 heavy (non-hydrogen) atoms. The van der Waals surface area contributed by atoms with E-state index in [0.717, 1.165) is 25.8 Å². The minimum absolute atomic E-state index is 0.00958. The van der Waals surface area contributed by atoms with Gasteiger partial charge in [-0.25, -0.2) is 4.79 Å². The molecular formula is C17H29N5O4. The Morgan fingerprint density at radius 2 is 2.12 bits per heavy atom. The number of hydrogen-bond acceptors (Lipinski definition) is 6. The summed E-state index contributed by atoms with van der Waals surface area (Å²) in [5.41, 5.74) is 5.57. The predicted octanol–water partition coefficient (Wildman–Crippen LogP) is -0.579. The fourth-order valence-corrected chi connectivity index (χ4v) is 4.70. The summed E-state index contributed by atoms with van der Waals surface area (Å²) in [6.45, 7) is 3.43. The molecule has 7 atom stereocenters. The van der Waals surface area contributed by atoms with Crippen molar-refractivity contribution in [1.82, 2.24) is 20.9 Å². The molecule has 4 fully saturated rings. The molecule has 2 bridgehead atoms. The highest BCUT2D eigenvalue weighted by Crippen LogP contribution is 2.31. The summed E-state index contributed by atoms with van der Waals surface area (Å²) in [6, 6.07) is -0.192. The van der Waals surface area contributed by atoms with Crippen LogP contribution in [0.5, 0.6) is 0 Å². The fraction of sp³-hybridized carbons (Fsp3) is 0.882. The number of fused-ring (bicyclic) bond motifs is 3. The molecule has 0 radical (unpaired) electrons. The average molecular weight is 367 g/mol. The zero-order chi connectivity index (χ0) is 18.3. The Balaban J connectivity index is 1.62. The van der Waals surface area contributed by atoms with E-state index >= 15 is 0 Å². The monoisotopic (exact) mass is 367 g/mol. The van der Waals surface area contributed by atoms with Crippen LogP contribution in [-0.2, 0) is 14.3 Å². The molecule has 9 heteroatoms. The van der Waals surface area contributed by atoms with Gasteiger partial charge in [0, 0.05) is 6.61 Å². The third kappa shape index (κ3) is 3.28. The van der Waals surface area contributed by atoms with Crippen molar-refractivity contribution in [2.45, 2.75) is 75.8 Å². The Bertz CT molecular complexity index is 561. The van der Waals surface area contributed by atoms with Gasteiger partial charge >= 0.3 is 6.03 Å². The lowest BCUT2D eigenvalue weighted by Gasteiger charge is -2.45. The molecule has 0 aromatic carbocycles. The first kappa shape index (κ1) is 18.0. The topological polar surface area (TPSA) is 118 Å². The highest BCUT2D eigenvalue weighted by Gasteiger charge is 2.51. The largest absolute Gasteiger partial charge is 0.373 e. The van der Waals surface area contributed by atoms with Crippen LogP contribution in [0.1, 0.15) is 39.0 Å². The van der Waals surface area contributed by atoms with Crippen molar-refractivity contribution < 1.29 is 19.1 Å². The number of rotatable bonds is 1. The first-order valence-electron chi connectivity index (χ1n) is 9.69. The molecule has 0 spiro atoms. The van der Waals surface area contributed by atoms with Gasteiger partial charge in [0.25, 0.3) is 0 Å². The van der Waals surface area contributed by atoms with Crippen molar-refractivity contribution in [2.24, 2.45) is 11.7 Å². The van der Waals surface area contributed by atoms with Crippen LogP contribution in [-0.4, -0.2) is 66.8 Å². The smallest absolute Gasteiger partial charge is 0.320 e. The molecule has 4 rings (SSSR count). The average Bonchev–Trinajstić information content (AvgIpc) is 2.94. The number of piperidine rings is 2. The van der Waals surface area contributed by atoms with Crippen molar-refractivity contribution in [3.05, 3.63) is 0 Å². The molecule has 3 amide bonds. The van der Waals surface area contributed by atoms with Crippen LogP contribution >= 0.6 is 0 Å². The Kier molecular flexibility index (Phi) is 5.05. The van der Waals surface area contributed by atoms with Crippen LogP contribution in [0.25, 0.3) is 0 Å². The van der Waals surface area contributed by atoms with Crippen LogP contribution in [0.3, 0.4) is 0 Å². The summed E-state index contributed by atoms with van der Waals surface area (Å²) >= 11 is 0. The van der Waals surface area contributed by atoms with Gasteiger partial charge in [-0.2, -0.15) is 0 Å². The standard InChI is InChI=1S/C17H29N5O4/c1-9-3-2-8-25-16-10(14(18)23)4-5-12(20-16)22-13-11(26-9)6-7-19-15(13)21-17(22)24/h9-13,15-16,19-20H,2-8H2,1H3,(H2,18,23)(H,21,24)/t9-,10?,11?,12?,13?,15?,16?/m1/s1. The lowest BCUT2D eigenvalue weighted by Crippen LogP contribution is -2.65. The van der Waals surface area contributed by atoms with Gasteiger partial charge in [-0.3, -0.25) is 15.4 Å². The van der Waals surface area contributed by atoms with E-state index in [-0.39, 0.29) is 48.4 Å². The van der Waals surface area contributed by atoms with Crippen molar-refractivity contribution in [2.75, 3.05) is 13.2 Å². The minimum Gasteiger partial charge on any atom is -0.373 e. The van der Waals surface area contributed by atoms with Gasteiger partial charge in [-0.1, -0.05) is 0 Å². The molecule has 0 aromatic rings. The number of amides is 3. The second-order valence-electron chi connectivity index (χ2n) is 7.76. The zero-order valence-corrected chi connectivity index (χ0v) is 15.1. The molecule has 5 N–H and O–H groups in total. The number of primary amides is 1. The number of nitrogens with one attached hydrogen (secondary N) is 3. The van der Waals surface area contributed by atoms with Crippen molar-refractivity contribution in [1.29, 1.82) is 0 Å². The van der Waals surface area contributed by atoms with Gasteiger partial charge in [0.15, 0.2) is 0 Å². The highest BCUT2D eigenvalue weighted by atomic mass is 16.5. The molecule has 146 valence electrons. The summed E-state index contributed by atoms with van der Waals surface area (Å²) in [6.07, 6.45) is 3.18. The van der Waals surface area contributed by atoms with Gasteiger partial charge in [-0.05, 0) is 45.6 Å². The lowest BCUT2D eigenvalue weighted by molar-refractivity contribution is -0.137.